The van der Waals surface area contributed by atoms with E-state index < -0.39 is 9.84 Å². The van der Waals surface area contributed by atoms with Crippen LogP contribution in [0, 0.1) is 0 Å². The third-order valence-electron chi connectivity index (χ3n) is 2.07. The van der Waals surface area contributed by atoms with E-state index in [1.165, 1.54) is 24.3 Å². The summed E-state index contributed by atoms with van der Waals surface area (Å²) >= 11 is 0. The van der Waals surface area contributed by atoms with Crippen molar-refractivity contribution in [2.45, 2.75) is 4.90 Å². The highest BCUT2D eigenvalue weighted by Gasteiger charge is 2.09. The highest BCUT2D eigenvalue weighted by molar-refractivity contribution is 7.90. The van der Waals surface area contributed by atoms with Gasteiger partial charge in [0, 0.05) is 11.6 Å². The molecule has 0 unspecified atom stereocenters. The summed E-state index contributed by atoms with van der Waals surface area (Å²) in [5.74, 6) is 0. The number of sulfone groups is 1. The smallest absolute Gasteiger partial charge is 0.175 e. The Kier molecular flexibility index (Phi) is 2.15. The molecule has 80 valence electrons. The number of hydrogen-bond donors (Lipinski definition) is 0. The maximum atomic E-state index is 11.3. The van der Waals surface area contributed by atoms with Crippen LogP contribution in [0.5, 0.6) is 0 Å². The molecule has 0 saturated carbocycles. The fourth-order valence-electron chi connectivity index (χ4n) is 1.30. The molecule has 0 aliphatic heterocycles. The second kappa shape index (κ2) is 3.23. The molecule has 0 saturated heterocycles. The number of benzene rings is 1. The molecule has 2 aromatic rings. The number of nitrogens with zero attached hydrogens (tertiary/aromatic N) is 2. The minimum Gasteiger partial charge on any atom is -0.400 e. The van der Waals surface area contributed by atoms with E-state index in [-0.39, 0.29) is 4.90 Å². The van der Waals surface area contributed by atoms with Crippen molar-refractivity contribution >= 4 is 20.7 Å². The molecule has 2 rings (SSSR count). The zero-order valence-electron chi connectivity index (χ0n) is 8.34. The lowest BCUT2D eigenvalue weighted by atomic mass is 10.3. The van der Waals surface area contributed by atoms with Crippen LogP contribution in [0.4, 0.5) is 0 Å². The predicted molar refractivity (Wildman–Crippen MR) is 55.3 cm³/mol. The summed E-state index contributed by atoms with van der Waals surface area (Å²) in [5, 5.41) is 4.87. The Labute approximate surface area is 87.1 Å². The lowest BCUT2D eigenvalue weighted by molar-refractivity contribution is 0.136. The van der Waals surface area contributed by atoms with E-state index in [0.717, 1.165) is 5.39 Å². The van der Waals surface area contributed by atoms with Gasteiger partial charge in [-0.3, -0.25) is 0 Å². The lowest BCUT2D eigenvalue weighted by Crippen LogP contribution is -2.04. The molecular weight excluding hydrogens is 216 g/mol. The van der Waals surface area contributed by atoms with Crippen LogP contribution in [0.3, 0.4) is 0 Å². The quantitative estimate of drug-likeness (QED) is 0.748. The van der Waals surface area contributed by atoms with Gasteiger partial charge in [0.15, 0.2) is 9.84 Å². The van der Waals surface area contributed by atoms with E-state index in [4.69, 9.17) is 4.84 Å². The first-order valence-corrected chi connectivity index (χ1v) is 6.14. The Balaban J connectivity index is 2.66. The van der Waals surface area contributed by atoms with E-state index in [1.54, 1.807) is 18.3 Å². The van der Waals surface area contributed by atoms with E-state index in [1.807, 2.05) is 0 Å². The number of rotatable bonds is 2. The first-order chi connectivity index (χ1) is 7.00. The molecule has 0 aliphatic carbocycles. The highest BCUT2D eigenvalue weighted by Crippen LogP contribution is 2.17. The number of hydrogen-bond acceptors (Lipinski definition) is 4. The average Bonchev–Trinajstić information content (AvgIpc) is 2.57. The second-order valence-electron chi connectivity index (χ2n) is 3.21. The number of fused-ring (bicyclic) bond motifs is 1. The van der Waals surface area contributed by atoms with Gasteiger partial charge in [-0.1, -0.05) is 0 Å². The molecular formula is C9H10N2O3S. The van der Waals surface area contributed by atoms with Crippen LogP contribution in [0.1, 0.15) is 0 Å². The van der Waals surface area contributed by atoms with Crippen LogP contribution in [0.25, 0.3) is 10.9 Å². The van der Waals surface area contributed by atoms with Crippen LogP contribution >= 0.6 is 0 Å². The van der Waals surface area contributed by atoms with Gasteiger partial charge in [-0.05, 0) is 18.2 Å². The van der Waals surface area contributed by atoms with Gasteiger partial charge in [-0.15, -0.1) is 9.94 Å². The van der Waals surface area contributed by atoms with Crippen molar-refractivity contribution in [1.29, 1.82) is 0 Å². The Hall–Kier alpha value is -1.56. The average molecular weight is 226 g/mol. The van der Waals surface area contributed by atoms with Crippen molar-refractivity contribution < 1.29 is 13.3 Å². The van der Waals surface area contributed by atoms with Crippen LogP contribution in [-0.2, 0) is 9.84 Å². The fourth-order valence-corrected chi connectivity index (χ4v) is 1.94. The summed E-state index contributed by atoms with van der Waals surface area (Å²) in [6, 6.07) is 4.79. The first kappa shape index (κ1) is 9.97. The number of aromatic nitrogens is 2. The van der Waals surface area contributed by atoms with Gasteiger partial charge < -0.3 is 4.84 Å². The summed E-state index contributed by atoms with van der Waals surface area (Å²) in [4.78, 5) is 6.43. The minimum atomic E-state index is -3.18. The third-order valence-corrected chi connectivity index (χ3v) is 3.18. The topological polar surface area (TPSA) is 61.2 Å². The van der Waals surface area contributed by atoms with E-state index >= 15 is 0 Å². The standard InChI is InChI=1S/C9H10N2O3S/c1-14-11-6-7-3-4-8(15(2,12)13)5-9(7)10-11/h3-6H,1-2H3. The molecule has 1 aromatic heterocycles. The zero-order chi connectivity index (χ0) is 11.1. The van der Waals surface area contributed by atoms with Crippen molar-refractivity contribution in [3.8, 4) is 0 Å². The maximum absolute atomic E-state index is 11.3. The summed E-state index contributed by atoms with van der Waals surface area (Å²) in [6.07, 6.45) is 2.85. The molecule has 1 aromatic carbocycles. The molecule has 0 N–H and O–H groups in total. The van der Waals surface area contributed by atoms with Crippen LogP contribution < -0.4 is 4.84 Å². The molecule has 15 heavy (non-hydrogen) atoms. The Morgan fingerprint density at radius 2 is 2.13 bits per heavy atom. The lowest BCUT2D eigenvalue weighted by Gasteiger charge is -1.96. The fraction of sp³-hybridized carbons (Fsp3) is 0.222. The molecule has 0 aliphatic rings. The van der Waals surface area contributed by atoms with Crippen molar-refractivity contribution in [2.75, 3.05) is 13.4 Å². The van der Waals surface area contributed by atoms with Gasteiger partial charge in [-0.2, -0.15) is 0 Å². The largest absolute Gasteiger partial charge is 0.400 e. The predicted octanol–water partition coefficient (Wildman–Crippen LogP) is 0.498. The zero-order valence-corrected chi connectivity index (χ0v) is 9.15. The van der Waals surface area contributed by atoms with E-state index in [9.17, 15) is 8.42 Å². The van der Waals surface area contributed by atoms with Gasteiger partial charge in [-0.25, -0.2) is 8.42 Å². The molecule has 0 spiro atoms. The van der Waals surface area contributed by atoms with Crippen molar-refractivity contribution in [1.82, 2.24) is 9.94 Å². The Morgan fingerprint density at radius 1 is 1.40 bits per heavy atom. The van der Waals surface area contributed by atoms with Gasteiger partial charge in [0.05, 0.1) is 16.6 Å². The van der Waals surface area contributed by atoms with Gasteiger partial charge in [0.1, 0.15) is 7.11 Å². The second-order valence-corrected chi connectivity index (χ2v) is 5.22. The van der Waals surface area contributed by atoms with Crippen molar-refractivity contribution in [2.24, 2.45) is 0 Å². The monoisotopic (exact) mass is 226 g/mol. The molecule has 1 heterocycles. The van der Waals surface area contributed by atoms with E-state index in [2.05, 4.69) is 5.10 Å². The molecule has 0 amide bonds. The summed E-state index contributed by atoms with van der Waals surface area (Å²) in [5.41, 5.74) is 0.597. The molecule has 0 bridgehead atoms. The first-order valence-electron chi connectivity index (χ1n) is 4.25. The Morgan fingerprint density at radius 3 is 2.73 bits per heavy atom. The summed E-state index contributed by atoms with van der Waals surface area (Å²) < 4.78 is 22.6. The van der Waals surface area contributed by atoms with E-state index in [0.29, 0.717) is 5.52 Å². The maximum Gasteiger partial charge on any atom is 0.175 e. The van der Waals surface area contributed by atoms with Crippen molar-refractivity contribution in [3.63, 3.8) is 0 Å². The minimum absolute atomic E-state index is 0.261. The van der Waals surface area contributed by atoms with Gasteiger partial charge in [0.25, 0.3) is 0 Å². The van der Waals surface area contributed by atoms with Gasteiger partial charge >= 0.3 is 0 Å². The molecule has 5 nitrogen and oxygen atoms in total. The molecule has 0 atom stereocenters. The summed E-state index contributed by atoms with van der Waals surface area (Å²) in [6.45, 7) is 0. The van der Waals surface area contributed by atoms with Gasteiger partial charge in [0.2, 0.25) is 0 Å². The van der Waals surface area contributed by atoms with Crippen LogP contribution in [0.15, 0.2) is 29.3 Å². The van der Waals surface area contributed by atoms with Crippen molar-refractivity contribution in [3.05, 3.63) is 24.4 Å². The molecule has 6 heteroatoms. The molecule has 0 radical (unpaired) electrons. The third kappa shape index (κ3) is 1.80. The van der Waals surface area contributed by atoms with Crippen LogP contribution in [0.2, 0.25) is 0 Å². The highest BCUT2D eigenvalue weighted by atomic mass is 32.2. The normalized spacial score (nSPS) is 11.9. The molecule has 0 fully saturated rings. The SMILES string of the molecule is COn1cc2ccc(S(C)(=O)=O)cc2n1. The van der Waals surface area contributed by atoms with Crippen LogP contribution in [-0.4, -0.2) is 31.7 Å². The summed E-state index contributed by atoms with van der Waals surface area (Å²) in [7, 11) is -1.69. The Bertz CT molecular complexity index is 601.